The number of nitrogens with two attached hydrogens (primary N) is 1. The van der Waals surface area contributed by atoms with Crippen molar-refractivity contribution in [3.05, 3.63) is 42.2 Å². The number of carbonyl (C=O) groups is 1. The van der Waals surface area contributed by atoms with Crippen LogP contribution in [-0.4, -0.2) is 51.0 Å². The van der Waals surface area contributed by atoms with Crippen molar-refractivity contribution in [1.82, 2.24) is 19.5 Å². The number of nitrogen functional groups attached to an aromatic ring is 1. The first-order chi connectivity index (χ1) is 14.2. The highest BCUT2D eigenvalue weighted by Gasteiger charge is 2.31. The molecule has 2 aromatic heterocycles. The van der Waals surface area contributed by atoms with E-state index in [1.807, 2.05) is 6.07 Å². The molecular weight excluding hydrogens is 376 g/mol. The Kier molecular flexibility index (Phi) is 4.49. The van der Waals surface area contributed by atoms with Crippen LogP contribution in [0.4, 0.5) is 11.8 Å². The maximum atomic E-state index is 12.1. The summed E-state index contributed by atoms with van der Waals surface area (Å²) >= 11 is 0. The first-order valence-electron chi connectivity index (χ1n) is 9.43. The standard InChI is InChI=1S/C19H20N6O4/c20-19-23-16(22-12-6-7-12)15-17(24-19)25(10-21-15)13-8-27-14(29-13)9-28-18(26)11-4-2-1-3-5-11/h1-5,10,12-14H,6-9H2,(H3,20,22,23,24). The summed E-state index contributed by atoms with van der Waals surface area (Å²) in [6.07, 6.45) is 2.71. The van der Waals surface area contributed by atoms with Crippen molar-refractivity contribution in [1.29, 1.82) is 0 Å². The molecule has 1 aliphatic heterocycles. The molecule has 1 aromatic carbocycles. The molecule has 10 heteroatoms. The van der Waals surface area contributed by atoms with Crippen molar-refractivity contribution < 1.29 is 19.0 Å². The van der Waals surface area contributed by atoms with Crippen LogP contribution in [-0.2, 0) is 14.2 Å². The zero-order valence-electron chi connectivity index (χ0n) is 15.5. The van der Waals surface area contributed by atoms with E-state index in [2.05, 4.69) is 20.3 Å². The highest BCUT2D eigenvalue weighted by atomic mass is 16.7. The number of hydrogen-bond acceptors (Lipinski definition) is 9. The van der Waals surface area contributed by atoms with E-state index in [4.69, 9.17) is 19.9 Å². The number of esters is 1. The van der Waals surface area contributed by atoms with Gasteiger partial charge in [0.05, 0.1) is 18.5 Å². The molecule has 1 saturated heterocycles. The van der Waals surface area contributed by atoms with Gasteiger partial charge >= 0.3 is 5.97 Å². The van der Waals surface area contributed by atoms with Gasteiger partial charge in [-0.3, -0.25) is 4.57 Å². The van der Waals surface area contributed by atoms with Crippen LogP contribution in [0.15, 0.2) is 36.7 Å². The summed E-state index contributed by atoms with van der Waals surface area (Å²) in [7, 11) is 0. The molecule has 0 spiro atoms. The quantitative estimate of drug-likeness (QED) is 0.599. The molecule has 3 aromatic rings. The Morgan fingerprint density at radius 2 is 2.10 bits per heavy atom. The highest BCUT2D eigenvalue weighted by Crippen LogP contribution is 2.30. The van der Waals surface area contributed by atoms with Crippen LogP contribution in [0.1, 0.15) is 29.4 Å². The van der Waals surface area contributed by atoms with Gasteiger partial charge in [0.15, 0.2) is 29.5 Å². The smallest absolute Gasteiger partial charge is 0.338 e. The van der Waals surface area contributed by atoms with E-state index in [-0.39, 0.29) is 19.2 Å². The lowest BCUT2D eigenvalue weighted by Gasteiger charge is -2.13. The molecular formula is C19H20N6O4. The summed E-state index contributed by atoms with van der Waals surface area (Å²) in [6, 6.07) is 9.18. The van der Waals surface area contributed by atoms with Crippen molar-refractivity contribution >= 4 is 28.9 Å². The molecule has 3 N–H and O–H groups in total. The Labute approximate surface area is 166 Å². The fourth-order valence-corrected chi connectivity index (χ4v) is 3.14. The molecule has 3 heterocycles. The molecule has 0 radical (unpaired) electrons. The first-order valence-corrected chi connectivity index (χ1v) is 9.43. The van der Waals surface area contributed by atoms with Crippen molar-refractivity contribution in [3.63, 3.8) is 0 Å². The van der Waals surface area contributed by atoms with Gasteiger partial charge in [0.2, 0.25) is 5.95 Å². The number of imidazole rings is 1. The highest BCUT2D eigenvalue weighted by molar-refractivity contribution is 5.89. The second-order valence-corrected chi connectivity index (χ2v) is 6.99. The summed E-state index contributed by atoms with van der Waals surface area (Å²) in [6.45, 7) is 0.261. The number of rotatable bonds is 6. The minimum atomic E-state index is -0.673. The number of anilines is 2. The Bertz CT molecular complexity index is 1040. The van der Waals surface area contributed by atoms with Crippen LogP contribution >= 0.6 is 0 Å². The van der Waals surface area contributed by atoms with Gasteiger partial charge in [0, 0.05) is 6.04 Å². The molecule has 150 valence electrons. The monoisotopic (exact) mass is 396 g/mol. The fourth-order valence-electron chi connectivity index (χ4n) is 3.14. The van der Waals surface area contributed by atoms with E-state index in [1.165, 1.54) is 0 Å². The molecule has 10 nitrogen and oxygen atoms in total. The number of nitrogens with zero attached hydrogens (tertiary/aromatic N) is 4. The average Bonchev–Trinajstić information content (AvgIpc) is 3.25. The minimum Gasteiger partial charge on any atom is -0.457 e. The van der Waals surface area contributed by atoms with E-state index in [9.17, 15) is 4.79 Å². The van der Waals surface area contributed by atoms with E-state index >= 15 is 0 Å². The van der Waals surface area contributed by atoms with E-state index in [0.717, 1.165) is 12.8 Å². The number of carbonyl (C=O) groups excluding carboxylic acids is 1. The van der Waals surface area contributed by atoms with Crippen LogP contribution in [0.5, 0.6) is 0 Å². The Balaban J connectivity index is 1.27. The van der Waals surface area contributed by atoms with Gasteiger partial charge in [-0.25, -0.2) is 9.78 Å². The van der Waals surface area contributed by atoms with Crippen molar-refractivity contribution in [2.75, 3.05) is 24.3 Å². The maximum absolute atomic E-state index is 12.1. The lowest BCUT2D eigenvalue weighted by molar-refractivity contribution is -0.102. The Hall–Kier alpha value is -3.24. The van der Waals surface area contributed by atoms with E-state index in [0.29, 0.717) is 28.6 Å². The van der Waals surface area contributed by atoms with Gasteiger partial charge in [0.25, 0.3) is 0 Å². The third kappa shape index (κ3) is 3.71. The van der Waals surface area contributed by atoms with E-state index < -0.39 is 18.5 Å². The summed E-state index contributed by atoms with van der Waals surface area (Å²) in [5, 5.41) is 3.32. The normalized spacial score (nSPS) is 21.4. The number of aromatic nitrogens is 4. The summed E-state index contributed by atoms with van der Waals surface area (Å²) in [5.41, 5.74) is 7.55. The predicted octanol–water partition coefficient (Wildman–Crippen LogP) is 1.71. The van der Waals surface area contributed by atoms with Gasteiger partial charge in [0.1, 0.15) is 6.61 Å². The maximum Gasteiger partial charge on any atom is 0.338 e. The molecule has 2 aliphatic rings. The number of benzene rings is 1. The topological polar surface area (TPSA) is 126 Å². The number of fused-ring (bicyclic) bond motifs is 1. The Morgan fingerprint density at radius 1 is 1.28 bits per heavy atom. The van der Waals surface area contributed by atoms with Crippen LogP contribution < -0.4 is 11.1 Å². The zero-order chi connectivity index (χ0) is 19.8. The summed E-state index contributed by atoms with van der Waals surface area (Å²) < 4.78 is 18.5. The first kappa shape index (κ1) is 17.8. The SMILES string of the molecule is Nc1nc(NC2CC2)c2ncn(C3COC(COC(=O)c4ccccc4)O3)c2n1. The van der Waals surface area contributed by atoms with E-state index in [1.54, 1.807) is 35.2 Å². The van der Waals surface area contributed by atoms with Crippen LogP contribution in [0, 0.1) is 0 Å². The molecule has 2 atom stereocenters. The largest absolute Gasteiger partial charge is 0.457 e. The number of nitrogens with one attached hydrogen (secondary N) is 1. The lowest BCUT2D eigenvalue weighted by atomic mass is 10.2. The van der Waals surface area contributed by atoms with Crippen LogP contribution in [0.3, 0.4) is 0 Å². The predicted molar refractivity (Wildman–Crippen MR) is 103 cm³/mol. The van der Waals surface area contributed by atoms with Gasteiger partial charge in [-0.15, -0.1) is 0 Å². The van der Waals surface area contributed by atoms with Crippen molar-refractivity contribution in [3.8, 4) is 0 Å². The number of ether oxygens (including phenoxy) is 3. The summed E-state index contributed by atoms with van der Waals surface area (Å²) in [4.78, 5) is 25.1. The number of hydrogen-bond donors (Lipinski definition) is 2. The molecule has 2 fully saturated rings. The van der Waals surface area contributed by atoms with Gasteiger partial charge in [-0.05, 0) is 25.0 Å². The second kappa shape index (κ2) is 7.30. The van der Waals surface area contributed by atoms with Crippen LogP contribution in [0.2, 0.25) is 0 Å². The Morgan fingerprint density at radius 3 is 2.90 bits per heavy atom. The summed E-state index contributed by atoms with van der Waals surface area (Å²) in [5.74, 6) is 0.362. The van der Waals surface area contributed by atoms with Gasteiger partial charge in [-0.1, -0.05) is 18.2 Å². The van der Waals surface area contributed by atoms with Crippen LogP contribution in [0.25, 0.3) is 11.2 Å². The zero-order valence-corrected chi connectivity index (χ0v) is 15.5. The molecule has 0 amide bonds. The van der Waals surface area contributed by atoms with Gasteiger partial charge < -0.3 is 25.3 Å². The lowest BCUT2D eigenvalue weighted by Crippen LogP contribution is -2.20. The van der Waals surface area contributed by atoms with Crippen molar-refractivity contribution in [2.24, 2.45) is 0 Å². The molecule has 5 rings (SSSR count). The molecule has 0 bridgehead atoms. The molecule has 1 saturated carbocycles. The molecule has 1 aliphatic carbocycles. The third-order valence-corrected chi connectivity index (χ3v) is 4.76. The van der Waals surface area contributed by atoms with Gasteiger partial charge in [-0.2, -0.15) is 9.97 Å². The second-order valence-electron chi connectivity index (χ2n) is 6.99. The molecule has 29 heavy (non-hydrogen) atoms. The molecule has 2 unspecified atom stereocenters. The minimum absolute atomic E-state index is 0.0114. The van der Waals surface area contributed by atoms with Crippen molar-refractivity contribution in [2.45, 2.75) is 31.4 Å². The average molecular weight is 396 g/mol. The third-order valence-electron chi connectivity index (χ3n) is 4.76. The fraction of sp³-hybridized carbons (Fsp3) is 0.368.